The number of carbonyl (C=O) groups is 1. The number of thiophene rings is 1. The Hall–Kier alpha value is -0.870. The van der Waals surface area contributed by atoms with Crippen LogP contribution in [-0.4, -0.2) is 37.0 Å². The van der Waals surface area contributed by atoms with Crippen molar-refractivity contribution < 1.29 is 9.69 Å². The van der Waals surface area contributed by atoms with Crippen LogP contribution in [0.25, 0.3) is 0 Å². The molecule has 4 heteroatoms. The van der Waals surface area contributed by atoms with Gasteiger partial charge in [0.05, 0.1) is 23.9 Å². The quantitative estimate of drug-likeness (QED) is 0.907. The normalized spacial score (nSPS) is 27.3. The minimum atomic E-state index is 0.270. The van der Waals surface area contributed by atoms with Crippen molar-refractivity contribution in [3.05, 3.63) is 22.4 Å². The van der Waals surface area contributed by atoms with Gasteiger partial charge in [0.1, 0.15) is 6.54 Å². The lowest BCUT2D eigenvalue weighted by Crippen LogP contribution is -3.12. The molecule has 0 spiro atoms. The number of likely N-dealkylation sites (tertiary alicyclic amines) is 2. The molecular weight excluding hydrogens is 280 g/mol. The van der Waals surface area contributed by atoms with Gasteiger partial charge in [0.25, 0.3) is 0 Å². The number of quaternary nitrogens is 1. The molecule has 3 rings (SSSR count). The predicted molar refractivity (Wildman–Crippen MR) is 86.5 cm³/mol. The number of nitrogens with zero attached hydrogens (tertiary/aromatic N) is 1. The lowest BCUT2D eigenvalue weighted by Gasteiger charge is -2.32. The molecule has 1 amide bonds. The molecule has 21 heavy (non-hydrogen) atoms. The van der Waals surface area contributed by atoms with E-state index in [1.165, 1.54) is 43.5 Å². The Morgan fingerprint density at radius 2 is 2.05 bits per heavy atom. The number of carbonyl (C=O) groups excluding carboxylic acids is 1. The van der Waals surface area contributed by atoms with E-state index in [1.54, 1.807) is 4.90 Å². The first kappa shape index (κ1) is 15.0. The van der Waals surface area contributed by atoms with E-state index in [0.29, 0.717) is 5.91 Å². The molecule has 1 aromatic rings. The first-order valence-electron chi connectivity index (χ1n) is 8.47. The molecule has 2 fully saturated rings. The summed E-state index contributed by atoms with van der Waals surface area (Å²) < 4.78 is 0. The number of amides is 1. The second-order valence-electron chi connectivity index (χ2n) is 6.54. The molecule has 0 saturated carbocycles. The maximum Gasteiger partial charge on any atom is 0.231 e. The molecule has 0 bridgehead atoms. The lowest BCUT2D eigenvalue weighted by molar-refractivity contribution is -0.920. The zero-order valence-electron chi connectivity index (χ0n) is 12.9. The third-order valence-electron chi connectivity index (χ3n) is 4.89. The molecule has 2 aliphatic rings. The van der Waals surface area contributed by atoms with E-state index >= 15 is 0 Å². The van der Waals surface area contributed by atoms with Gasteiger partial charge in [-0.25, -0.2) is 0 Å². The summed E-state index contributed by atoms with van der Waals surface area (Å²) in [6, 6.07) is 4.35. The third kappa shape index (κ3) is 4.07. The standard InChI is InChI=1S/C17H26N2OS/c20-17(19-10-3-1-2-4-11-19)15-7-5-9-18(13-15)14-16-8-6-12-21-16/h6,8,12,15H,1-5,7,9-11,13-14H2/p+1/t15-/m1/s1. The number of nitrogens with one attached hydrogen (secondary N) is 1. The second kappa shape index (κ2) is 7.41. The third-order valence-corrected chi connectivity index (χ3v) is 5.77. The van der Waals surface area contributed by atoms with Crippen LogP contribution in [0, 0.1) is 5.92 Å². The Kier molecular flexibility index (Phi) is 5.31. The van der Waals surface area contributed by atoms with Crippen molar-refractivity contribution in [2.75, 3.05) is 26.2 Å². The zero-order valence-corrected chi connectivity index (χ0v) is 13.7. The Morgan fingerprint density at radius 3 is 2.76 bits per heavy atom. The molecule has 1 aromatic heterocycles. The summed E-state index contributed by atoms with van der Waals surface area (Å²) in [6.45, 7) is 5.35. The number of hydrogen-bond donors (Lipinski definition) is 1. The van der Waals surface area contributed by atoms with Gasteiger partial charge in [-0.1, -0.05) is 18.9 Å². The summed E-state index contributed by atoms with van der Waals surface area (Å²) in [6.07, 6.45) is 7.29. The van der Waals surface area contributed by atoms with Crippen LogP contribution in [0.15, 0.2) is 17.5 Å². The maximum absolute atomic E-state index is 12.8. The molecule has 2 atom stereocenters. The molecular formula is C17H27N2OS+. The van der Waals surface area contributed by atoms with Crippen molar-refractivity contribution in [3.63, 3.8) is 0 Å². The van der Waals surface area contributed by atoms with Crippen LogP contribution in [0.3, 0.4) is 0 Å². The number of rotatable bonds is 3. The second-order valence-corrected chi connectivity index (χ2v) is 7.57. The maximum atomic E-state index is 12.8. The van der Waals surface area contributed by atoms with Gasteiger partial charge in [0, 0.05) is 13.1 Å². The summed E-state index contributed by atoms with van der Waals surface area (Å²) >= 11 is 1.84. The topological polar surface area (TPSA) is 24.8 Å². The van der Waals surface area contributed by atoms with Gasteiger partial charge in [-0.3, -0.25) is 4.79 Å². The molecule has 1 unspecified atom stereocenters. The minimum absolute atomic E-state index is 0.270. The summed E-state index contributed by atoms with van der Waals surface area (Å²) in [5.74, 6) is 0.715. The SMILES string of the molecule is O=C([C@@H]1CCC[NH+](Cc2cccs2)C1)N1CCCCCC1. The molecule has 3 nitrogen and oxygen atoms in total. The van der Waals surface area contributed by atoms with E-state index in [-0.39, 0.29) is 5.92 Å². The van der Waals surface area contributed by atoms with Gasteiger partial charge >= 0.3 is 0 Å². The Balaban J connectivity index is 1.55. The summed E-state index contributed by atoms with van der Waals surface area (Å²) in [5, 5.41) is 2.15. The molecule has 0 aromatic carbocycles. The molecule has 1 N–H and O–H groups in total. The average molecular weight is 307 g/mol. The van der Waals surface area contributed by atoms with Crippen LogP contribution in [0.5, 0.6) is 0 Å². The van der Waals surface area contributed by atoms with E-state index < -0.39 is 0 Å². The van der Waals surface area contributed by atoms with Gasteiger partial charge in [-0.05, 0) is 37.1 Å². The largest absolute Gasteiger partial charge is 0.342 e. The minimum Gasteiger partial charge on any atom is -0.342 e. The van der Waals surface area contributed by atoms with E-state index in [1.807, 2.05) is 11.3 Å². The highest BCUT2D eigenvalue weighted by atomic mass is 32.1. The van der Waals surface area contributed by atoms with Crippen molar-refractivity contribution in [2.24, 2.45) is 5.92 Å². The first-order valence-corrected chi connectivity index (χ1v) is 9.35. The van der Waals surface area contributed by atoms with E-state index in [4.69, 9.17) is 0 Å². The van der Waals surface area contributed by atoms with Crippen LogP contribution < -0.4 is 4.90 Å². The monoisotopic (exact) mass is 307 g/mol. The number of piperidine rings is 1. The highest BCUT2D eigenvalue weighted by Crippen LogP contribution is 2.17. The molecule has 2 saturated heterocycles. The van der Waals surface area contributed by atoms with Crippen LogP contribution in [0.1, 0.15) is 43.4 Å². The fraction of sp³-hybridized carbons (Fsp3) is 0.706. The average Bonchev–Trinajstić information content (AvgIpc) is 2.87. The van der Waals surface area contributed by atoms with Crippen LogP contribution >= 0.6 is 11.3 Å². The van der Waals surface area contributed by atoms with Gasteiger partial charge in [-0.2, -0.15) is 0 Å². The smallest absolute Gasteiger partial charge is 0.231 e. The highest BCUT2D eigenvalue weighted by molar-refractivity contribution is 7.09. The van der Waals surface area contributed by atoms with Crippen molar-refractivity contribution in [2.45, 2.75) is 45.1 Å². The predicted octanol–water partition coefficient (Wildman–Crippen LogP) is 1.95. The Morgan fingerprint density at radius 1 is 1.24 bits per heavy atom. The molecule has 3 heterocycles. The van der Waals surface area contributed by atoms with Crippen LogP contribution in [0.2, 0.25) is 0 Å². The van der Waals surface area contributed by atoms with Crippen LogP contribution in [-0.2, 0) is 11.3 Å². The first-order chi connectivity index (χ1) is 10.3. The lowest BCUT2D eigenvalue weighted by atomic mass is 9.96. The van der Waals surface area contributed by atoms with Gasteiger partial charge in [0.2, 0.25) is 5.91 Å². The fourth-order valence-electron chi connectivity index (χ4n) is 3.73. The molecule has 0 aliphatic carbocycles. The molecule has 116 valence electrons. The summed E-state index contributed by atoms with van der Waals surface area (Å²) in [7, 11) is 0. The Labute approximate surface area is 131 Å². The molecule has 2 aliphatic heterocycles. The summed E-state index contributed by atoms with van der Waals surface area (Å²) in [4.78, 5) is 18.0. The van der Waals surface area contributed by atoms with E-state index in [2.05, 4.69) is 22.4 Å². The zero-order chi connectivity index (χ0) is 14.5. The van der Waals surface area contributed by atoms with Crippen molar-refractivity contribution in [1.82, 2.24) is 4.90 Å². The van der Waals surface area contributed by atoms with Crippen LogP contribution in [0.4, 0.5) is 0 Å². The van der Waals surface area contributed by atoms with Gasteiger partial charge < -0.3 is 9.80 Å². The summed E-state index contributed by atoms with van der Waals surface area (Å²) in [5.41, 5.74) is 0. The number of hydrogen-bond acceptors (Lipinski definition) is 2. The molecule has 0 radical (unpaired) electrons. The highest BCUT2D eigenvalue weighted by Gasteiger charge is 2.31. The van der Waals surface area contributed by atoms with Gasteiger partial charge in [0.15, 0.2) is 0 Å². The van der Waals surface area contributed by atoms with Gasteiger partial charge in [-0.15, -0.1) is 11.3 Å². The van der Waals surface area contributed by atoms with E-state index in [0.717, 1.165) is 32.6 Å². The van der Waals surface area contributed by atoms with Crippen molar-refractivity contribution in [1.29, 1.82) is 0 Å². The fourth-order valence-corrected chi connectivity index (χ4v) is 4.51. The van der Waals surface area contributed by atoms with Crippen molar-refractivity contribution >= 4 is 17.2 Å². The van der Waals surface area contributed by atoms with Crippen molar-refractivity contribution in [3.8, 4) is 0 Å². The van der Waals surface area contributed by atoms with E-state index in [9.17, 15) is 4.79 Å². The Bertz CT molecular complexity index is 438.